The van der Waals surface area contributed by atoms with E-state index in [1.54, 1.807) is 27.8 Å². The number of carbonyl (C=O) groups excluding carboxylic acids is 1. The Hall–Kier alpha value is -2.45. The molecule has 0 radical (unpaired) electrons. The second kappa shape index (κ2) is 6.37. The number of H-pyrrole nitrogens is 1. The van der Waals surface area contributed by atoms with Crippen LogP contribution in [0.1, 0.15) is 23.5 Å². The zero-order valence-corrected chi connectivity index (χ0v) is 16.1. The Bertz CT molecular complexity index is 1070. The van der Waals surface area contributed by atoms with Gasteiger partial charge < -0.3 is 0 Å². The second-order valence-electron chi connectivity index (χ2n) is 6.00. The number of carbonyl (C=O) groups is 1. The van der Waals surface area contributed by atoms with Gasteiger partial charge in [0.05, 0.1) is 11.3 Å². The van der Waals surface area contributed by atoms with Gasteiger partial charge in [-0.3, -0.25) is 14.6 Å². The van der Waals surface area contributed by atoms with Crippen LogP contribution in [0.25, 0.3) is 11.3 Å². The highest BCUT2D eigenvalue weighted by atomic mass is 32.2. The van der Waals surface area contributed by atoms with Crippen LogP contribution in [0.4, 0.5) is 5.69 Å². The van der Waals surface area contributed by atoms with Crippen molar-refractivity contribution in [3.05, 3.63) is 56.5 Å². The Morgan fingerprint density at radius 1 is 1.35 bits per heavy atom. The molecule has 26 heavy (non-hydrogen) atoms. The van der Waals surface area contributed by atoms with Crippen molar-refractivity contribution in [1.29, 1.82) is 0 Å². The number of benzene rings is 1. The lowest BCUT2D eigenvalue weighted by Gasteiger charge is -2.30. The summed E-state index contributed by atoms with van der Waals surface area (Å²) < 4.78 is 1.69. The number of amides is 1. The van der Waals surface area contributed by atoms with Crippen LogP contribution in [0.2, 0.25) is 0 Å². The molecule has 1 aliphatic heterocycles. The summed E-state index contributed by atoms with van der Waals surface area (Å²) >= 11 is 2.92. The van der Waals surface area contributed by atoms with Gasteiger partial charge in [0, 0.05) is 12.0 Å². The monoisotopic (exact) mass is 385 g/mol. The van der Waals surface area contributed by atoms with E-state index < -0.39 is 6.17 Å². The van der Waals surface area contributed by atoms with Gasteiger partial charge in [-0.05, 0) is 47.0 Å². The number of fused-ring (bicyclic) bond motifs is 3. The lowest BCUT2D eigenvalue weighted by Crippen LogP contribution is -2.60. The molecule has 1 aromatic carbocycles. The normalized spacial score (nSPS) is 15.5. The summed E-state index contributed by atoms with van der Waals surface area (Å²) in [7, 11) is 0. The molecule has 3 aromatic rings. The lowest BCUT2D eigenvalue weighted by atomic mass is 10.0. The molecular weight excluding hydrogens is 368 g/mol. The maximum Gasteiger partial charge on any atom is 0.325 e. The molecule has 0 saturated heterocycles. The molecule has 0 saturated carbocycles. The third kappa shape index (κ3) is 2.48. The molecule has 6 nitrogen and oxygen atoms in total. The van der Waals surface area contributed by atoms with Gasteiger partial charge in [-0.2, -0.15) is 0 Å². The first-order valence-corrected chi connectivity index (χ1v) is 10.2. The summed E-state index contributed by atoms with van der Waals surface area (Å²) in [6, 6.07) is 9.48. The number of aryl methyl sites for hydroxylation is 1. The largest absolute Gasteiger partial charge is 0.325 e. The number of aromatic amines is 1. The zero-order valence-electron chi connectivity index (χ0n) is 14.5. The number of thioether (sulfide) groups is 1. The quantitative estimate of drug-likeness (QED) is 0.544. The number of thiophene rings is 1. The molecule has 0 unspecified atom stereocenters. The number of hydrogen-bond acceptors (Lipinski definition) is 5. The fourth-order valence-electron chi connectivity index (χ4n) is 3.29. The minimum Gasteiger partial charge on any atom is -0.291 e. The maximum absolute atomic E-state index is 12.9. The van der Waals surface area contributed by atoms with Crippen molar-refractivity contribution in [3.8, 4) is 11.3 Å². The summed E-state index contributed by atoms with van der Waals surface area (Å²) in [5.74, 6) is -0.0961. The van der Waals surface area contributed by atoms with E-state index in [-0.39, 0.29) is 11.5 Å². The first-order chi connectivity index (χ1) is 12.5. The topological polar surface area (TPSA) is 69.9 Å². The predicted molar refractivity (Wildman–Crippen MR) is 103 cm³/mol. The van der Waals surface area contributed by atoms with Gasteiger partial charge >= 0.3 is 17.4 Å². The first kappa shape index (κ1) is 17.0. The predicted octanol–water partition coefficient (Wildman–Crippen LogP) is 2.73. The van der Waals surface area contributed by atoms with Crippen molar-refractivity contribution in [1.82, 2.24) is 10.1 Å². The summed E-state index contributed by atoms with van der Waals surface area (Å²) in [6.45, 7) is 3.55. The number of aromatic nitrogens is 3. The van der Waals surface area contributed by atoms with Crippen molar-refractivity contribution in [2.24, 2.45) is 0 Å². The van der Waals surface area contributed by atoms with E-state index in [4.69, 9.17) is 0 Å². The zero-order chi connectivity index (χ0) is 18.4. The average molecular weight is 385 g/mol. The summed E-state index contributed by atoms with van der Waals surface area (Å²) in [6.07, 6.45) is 1.38. The fraction of sp³-hybridized carbons (Fsp3) is 0.222. The number of hydrogen-bond donors (Lipinski definition) is 1. The van der Waals surface area contributed by atoms with E-state index in [1.165, 1.54) is 11.8 Å². The Morgan fingerprint density at radius 3 is 2.77 bits per heavy atom. The van der Waals surface area contributed by atoms with Crippen molar-refractivity contribution in [2.75, 3.05) is 11.2 Å². The molecule has 0 spiro atoms. The Morgan fingerprint density at radius 2 is 2.12 bits per heavy atom. The molecule has 1 aliphatic rings. The molecule has 1 amide bonds. The van der Waals surface area contributed by atoms with Gasteiger partial charge in [-0.15, -0.1) is 11.3 Å². The molecule has 132 valence electrons. The van der Waals surface area contributed by atoms with Crippen LogP contribution < -0.4 is 15.1 Å². The van der Waals surface area contributed by atoms with Crippen LogP contribution in [0.5, 0.6) is 0 Å². The van der Waals surface area contributed by atoms with Gasteiger partial charge in [-0.25, -0.2) is 4.90 Å². The van der Waals surface area contributed by atoms with Crippen LogP contribution in [0.3, 0.4) is 0 Å². The highest BCUT2D eigenvalue weighted by Gasteiger charge is 2.45. The van der Waals surface area contributed by atoms with E-state index >= 15 is 0 Å². The molecule has 0 bridgehead atoms. The van der Waals surface area contributed by atoms with E-state index in [0.717, 1.165) is 16.1 Å². The van der Waals surface area contributed by atoms with Crippen LogP contribution in [-0.2, 0) is 4.79 Å². The summed E-state index contributed by atoms with van der Waals surface area (Å²) in [5.41, 5.74) is 2.75. The van der Waals surface area contributed by atoms with Crippen LogP contribution in [0, 0.1) is 6.92 Å². The summed E-state index contributed by atoms with van der Waals surface area (Å²) in [5, 5.41) is 7.15. The van der Waals surface area contributed by atoms with Crippen molar-refractivity contribution < 1.29 is 9.48 Å². The van der Waals surface area contributed by atoms with Gasteiger partial charge in [-0.1, -0.05) is 23.9 Å². The number of rotatable bonds is 2. The molecule has 1 atom stereocenters. The fourth-order valence-corrected chi connectivity index (χ4v) is 4.66. The Labute approximate surface area is 158 Å². The Kier molecular flexibility index (Phi) is 4.16. The van der Waals surface area contributed by atoms with Gasteiger partial charge in [0.2, 0.25) is 11.1 Å². The molecule has 1 N–H and O–H groups in total. The van der Waals surface area contributed by atoms with Crippen LogP contribution >= 0.6 is 23.1 Å². The summed E-state index contributed by atoms with van der Waals surface area (Å²) in [4.78, 5) is 31.0. The van der Waals surface area contributed by atoms with E-state index in [9.17, 15) is 9.59 Å². The smallest absolute Gasteiger partial charge is 0.291 e. The van der Waals surface area contributed by atoms with Crippen molar-refractivity contribution in [2.45, 2.75) is 25.2 Å². The molecule has 4 rings (SSSR count). The van der Waals surface area contributed by atoms with E-state index in [1.807, 2.05) is 48.9 Å². The van der Waals surface area contributed by atoms with Gasteiger partial charge in [0.15, 0.2) is 0 Å². The molecule has 8 heteroatoms. The second-order valence-corrected chi connectivity index (χ2v) is 7.75. The molecular formula is C18H17N4O2S2+. The minimum atomic E-state index is -0.481. The number of nitrogens with zero attached hydrogens (tertiary/aromatic N) is 3. The van der Waals surface area contributed by atoms with Crippen molar-refractivity contribution in [3.63, 3.8) is 0 Å². The minimum absolute atomic E-state index is 0.0961. The third-order valence-corrected chi connectivity index (χ3v) is 6.06. The standard InChI is InChI=1S/C18H16N4O2S2/c1-10-8-9-26-15(10)17-21(11(2)23)13-7-5-4-6-12(13)14-16(24)19-18(25-3)20-22(14)17/h4-9,17H,1-3H3/p+1/t17-/m0/s1. The molecule has 0 fully saturated rings. The van der Waals surface area contributed by atoms with E-state index in [0.29, 0.717) is 16.4 Å². The van der Waals surface area contributed by atoms with Gasteiger partial charge in [0.25, 0.3) is 0 Å². The highest BCUT2D eigenvalue weighted by molar-refractivity contribution is 7.98. The average Bonchev–Trinajstić information content (AvgIpc) is 3.05. The van der Waals surface area contributed by atoms with Crippen molar-refractivity contribution >= 4 is 34.7 Å². The number of anilines is 1. The molecule has 3 heterocycles. The number of para-hydroxylation sites is 1. The third-order valence-electron chi connectivity index (χ3n) is 4.43. The highest BCUT2D eigenvalue weighted by Crippen LogP contribution is 2.39. The van der Waals surface area contributed by atoms with Crippen LogP contribution in [-0.4, -0.2) is 22.2 Å². The lowest BCUT2D eigenvalue weighted by molar-refractivity contribution is -0.762. The Balaban J connectivity index is 2.12. The van der Waals surface area contributed by atoms with E-state index in [2.05, 4.69) is 10.1 Å². The van der Waals surface area contributed by atoms with Gasteiger partial charge in [0.1, 0.15) is 4.88 Å². The first-order valence-electron chi connectivity index (χ1n) is 8.06. The van der Waals surface area contributed by atoms with Crippen LogP contribution in [0.15, 0.2) is 45.7 Å². The number of nitrogens with one attached hydrogen (secondary N) is 1. The SMILES string of the molecule is CSc1n[n+]2c(c(=O)[nH]1)-c1ccccc1N(C(C)=O)[C@@H]2c1sccc1C. The molecule has 0 aliphatic carbocycles. The molecule has 2 aromatic heterocycles. The maximum atomic E-state index is 12.9.